The van der Waals surface area contributed by atoms with Gasteiger partial charge in [0, 0.05) is 6.54 Å². The minimum Gasteiger partial charge on any atom is -0.467 e. The lowest BCUT2D eigenvalue weighted by molar-refractivity contribution is -0.142. The van der Waals surface area contributed by atoms with Crippen LogP contribution in [-0.4, -0.2) is 54.0 Å². The maximum absolute atomic E-state index is 12.8. The number of carbonyl (C=O) groups excluding carboxylic acids is 3. The molecule has 0 aliphatic carbocycles. The number of thiophene rings is 1. The number of rotatable bonds is 8. The van der Waals surface area contributed by atoms with Gasteiger partial charge in [-0.3, -0.25) is 9.59 Å². The van der Waals surface area contributed by atoms with Crippen molar-refractivity contribution in [3.05, 3.63) is 39.3 Å². The monoisotopic (exact) mass is 415 g/mol. The van der Waals surface area contributed by atoms with E-state index in [1.807, 2.05) is 0 Å². The Labute approximate surface area is 172 Å². The quantitative estimate of drug-likeness (QED) is 0.432. The normalized spacial score (nSPS) is 11.1. The number of carbonyl (C=O) groups is 3. The Bertz CT molecular complexity index is 914. The number of methoxy groups -OCH3 is 1. The predicted molar refractivity (Wildman–Crippen MR) is 109 cm³/mol. The summed E-state index contributed by atoms with van der Waals surface area (Å²) in [5.41, 5.74) is 1.07. The number of nitrogens with zero attached hydrogens (tertiary/aromatic N) is 2. The van der Waals surface area contributed by atoms with Gasteiger partial charge in [0.15, 0.2) is 0 Å². The lowest BCUT2D eigenvalue weighted by Gasteiger charge is -2.18. The molecule has 2 amide bonds. The first-order valence-corrected chi connectivity index (χ1v) is 9.48. The van der Waals surface area contributed by atoms with Gasteiger partial charge in [-0.1, -0.05) is 12.0 Å². The highest BCUT2D eigenvalue weighted by molar-refractivity contribution is 7.12. The minimum absolute atomic E-state index is 0.129. The van der Waals surface area contributed by atoms with E-state index in [-0.39, 0.29) is 24.6 Å². The molecule has 2 rings (SSSR count). The summed E-state index contributed by atoms with van der Waals surface area (Å²) < 4.78 is 4.73. The van der Waals surface area contributed by atoms with Crippen LogP contribution in [0.25, 0.3) is 0 Å². The van der Waals surface area contributed by atoms with E-state index in [9.17, 15) is 14.4 Å². The highest BCUT2D eigenvalue weighted by Crippen LogP contribution is 2.13. The summed E-state index contributed by atoms with van der Waals surface area (Å²) in [7, 11) is 1.20. The van der Waals surface area contributed by atoms with Crippen LogP contribution < -0.4 is 16.0 Å². The number of ether oxygens (including phenoxy) is 1. The van der Waals surface area contributed by atoms with Crippen LogP contribution in [0.15, 0.2) is 17.5 Å². The van der Waals surface area contributed by atoms with Crippen LogP contribution in [0.4, 0.5) is 5.95 Å². The van der Waals surface area contributed by atoms with E-state index < -0.39 is 17.9 Å². The van der Waals surface area contributed by atoms with Crippen LogP contribution in [-0.2, 0) is 9.53 Å². The second-order valence-electron chi connectivity index (χ2n) is 5.89. The molecule has 0 aliphatic heterocycles. The molecular weight excluding hydrogens is 394 g/mol. The van der Waals surface area contributed by atoms with E-state index in [0.29, 0.717) is 22.2 Å². The summed E-state index contributed by atoms with van der Waals surface area (Å²) in [6.07, 6.45) is 5.20. The van der Waals surface area contributed by atoms with Crippen LogP contribution in [0.2, 0.25) is 0 Å². The van der Waals surface area contributed by atoms with Gasteiger partial charge in [0.05, 0.1) is 35.5 Å². The lowest BCUT2D eigenvalue weighted by Crippen LogP contribution is -2.49. The number of hydrogen-bond donors (Lipinski definition) is 3. The molecule has 1 atom stereocenters. The van der Waals surface area contributed by atoms with Gasteiger partial charge in [-0.25, -0.2) is 14.8 Å². The molecule has 2 aromatic heterocycles. The molecule has 0 saturated heterocycles. The number of aromatic nitrogens is 2. The summed E-state index contributed by atoms with van der Waals surface area (Å²) in [5.74, 6) is 1.14. The van der Waals surface area contributed by atoms with Crippen molar-refractivity contribution in [3.63, 3.8) is 0 Å². The van der Waals surface area contributed by atoms with Gasteiger partial charge in [-0.15, -0.1) is 17.8 Å². The molecule has 0 saturated carbocycles. The molecule has 0 fully saturated rings. The molecule has 0 unspecified atom stereocenters. The molecule has 3 N–H and O–H groups in total. The lowest BCUT2D eigenvalue weighted by atomic mass is 10.1. The van der Waals surface area contributed by atoms with Gasteiger partial charge in [0.2, 0.25) is 5.95 Å². The molecule has 29 heavy (non-hydrogen) atoms. The van der Waals surface area contributed by atoms with Gasteiger partial charge in [0.25, 0.3) is 11.8 Å². The average molecular weight is 415 g/mol. The third-order valence-corrected chi connectivity index (χ3v) is 4.72. The van der Waals surface area contributed by atoms with Crippen LogP contribution in [0.1, 0.15) is 31.4 Å². The Morgan fingerprint density at radius 3 is 2.48 bits per heavy atom. The summed E-state index contributed by atoms with van der Waals surface area (Å²) in [4.78, 5) is 45.8. The van der Waals surface area contributed by atoms with Crippen molar-refractivity contribution < 1.29 is 19.1 Å². The Morgan fingerprint density at radius 2 is 1.93 bits per heavy atom. The van der Waals surface area contributed by atoms with E-state index in [4.69, 9.17) is 11.2 Å². The highest BCUT2D eigenvalue weighted by Gasteiger charge is 2.25. The number of anilines is 1. The first-order valence-electron chi connectivity index (χ1n) is 8.60. The fourth-order valence-corrected chi connectivity index (χ4v) is 3.15. The number of esters is 1. The third kappa shape index (κ3) is 5.76. The van der Waals surface area contributed by atoms with E-state index in [1.165, 1.54) is 18.4 Å². The number of terminal acetylenes is 1. The van der Waals surface area contributed by atoms with Crippen molar-refractivity contribution >= 4 is 35.1 Å². The fraction of sp³-hybridized carbons (Fsp3) is 0.316. The summed E-state index contributed by atoms with van der Waals surface area (Å²) >= 11 is 1.27. The topological polar surface area (TPSA) is 122 Å². The van der Waals surface area contributed by atoms with Crippen molar-refractivity contribution in [2.24, 2.45) is 0 Å². The number of amides is 2. The first kappa shape index (κ1) is 21.8. The van der Waals surface area contributed by atoms with Crippen LogP contribution in [0.3, 0.4) is 0 Å². The Balaban J connectivity index is 2.12. The molecule has 0 aliphatic rings. The molecular formula is C19H21N5O4S. The Hall–Kier alpha value is -3.45. The molecule has 2 heterocycles. The molecule has 0 spiro atoms. The van der Waals surface area contributed by atoms with Gasteiger partial charge >= 0.3 is 5.97 Å². The van der Waals surface area contributed by atoms with E-state index in [2.05, 4.69) is 31.8 Å². The molecule has 2 aromatic rings. The molecule has 0 bridgehead atoms. The number of aryl methyl sites for hydroxylation is 2. The van der Waals surface area contributed by atoms with Crippen molar-refractivity contribution in [1.82, 2.24) is 20.6 Å². The SMILES string of the molecule is C#CCNc1nc(C)c(C(=O)N[C@@H](CNC(=O)c2cccs2)C(=O)OC)c(C)n1. The smallest absolute Gasteiger partial charge is 0.330 e. The zero-order chi connectivity index (χ0) is 21.4. The Morgan fingerprint density at radius 1 is 1.24 bits per heavy atom. The maximum Gasteiger partial charge on any atom is 0.330 e. The fourth-order valence-electron chi connectivity index (χ4n) is 2.51. The van der Waals surface area contributed by atoms with Gasteiger partial charge in [-0.2, -0.15) is 0 Å². The third-order valence-electron chi connectivity index (χ3n) is 3.85. The molecule has 152 valence electrons. The summed E-state index contributed by atoms with van der Waals surface area (Å²) in [6, 6.07) is 2.33. The van der Waals surface area contributed by atoms with E-state index in [1.54, 1.807) is 31.4 Å². The predicted octanol–water partition coefficient (Wildman–Crippen LogP) is 0.901. The van der Waals surface area contributed by atoms with Crippen LogP contribution >= 0.6 is 11.3 Å². The Kier molecular flexibility index (Phi) is 7.68. The second-order valence-corrected chi connectivity index (χ2v) is 6.83. The van der Waals surface area contributed by atoms with Crippen molar-refractivity contribution in [3.8, 4) is 12.3 Å². The molecule has 0 radical (unpaired) electrons. The summed E-state index contributed by atoms with van der Waals surface area (Å²) in [6.45, 7) is 3.42. The second kappa shape index (κ2) is 10.2. The van der Waals surface area contributed by atoms with Gasteiger partial charge < -0.3 is 20.7 Å². The van der Waals surface area contributed by atoms with Gasteiger partial charge in [-0.05, 0) is 25.3 Å². The van der Waals surface area contributed by atoms with E-state index in [0.717, 1.165) is 0 Å². The standard InChI is InChI=1S/C19H21N5O4S/c1-5-8-20-19-22-11(2)15(12(3)23-19)17(26)24-13(18(27)28-4)10-21-16(25)14-7-6-9-29-14/h1,6-7,9,13H,8,10H2,2-4H3,(H,21,25)(H,24,26)(H,20,22,23)/t13-/m0/s1. The molecule has 10 heteroatoms. The zero-order valence-corrected chi connectivity index (χ0v) is 17.1. The van der Waals surface area contributed by atoms with E-state index >= 15 is 0 Å². The minimum atomic E-state index is -1.07. The van der Waals surface area contributed by atoms with Crippen LogP contribution in [0.5, 0.6) is 0 Å². The van der Waals surface area contributed by atoms with Crippen molar-refractivity contribution in [2.75, 3.05) is 25.5 Å². The first-order chi connectivity index (χ1) is 13.9. The molecule has 9 nitrogen and oxygen atoms in total. The number of hydrogen-bond acceptors (Lipinski definition) is 8. The number of nitrogens with one attached hydrogen (secondary N) is 3. The largest absolute Gasteiger partial charge is 0.467 e. The highest BCUT2D eigenvalue weighted by atomic mass is 32.1. The van der Waals surface area contributed by atoms with Crippen molar-refractivity contribution in [2.45, 2.75) is 19.9 Å². The van der Waals surface area contributed by atoms with Gasteiger partial charge in [0.1, 0.15) is 6.04 Å². The maximum atomic E-state index is 12.8. The van der Waals surface area contributed by atoms with Crippen molar-refractivity contribution in [1.29, 1.82) is 0 Å². The average Bonchev–Trinajstić information content (AvgIpc) is 3.23. The van der Waals surface area contributed by atoms with Crippen LogP contribution in [0, 0.1) is 26.2 Å². The molecule has 0 aromatic carbocycles. The zero-order valence-electron chi connectivity index (χ0n) is 16.2. The summed E-state index contributed by atoms with van der Waals surface area (Å²) in [5, 5.41) is 9.80.